The van der Waals surface area contributed by atoms with Gasteiger partial charge in [-0.3, -0.25) is 0 Å². The zero-order valence-corrected chi connectivity index (χ0v) is 11.8. The summed E-state index contributed by atoms with van der Waals surface area (Å²) in [6.45, 7) is 0.775. The van der Waals surface area contributed by atoms with Crippen molar-refractivity contribution in [3.63, 3.8) is 0 Å². The maximum absolute atomic E-state index is 11.5. The van der Waals surface area contributed by atoms with E-state index in [2.05, 4.69) is 23.1 Å². The van der Waals surface area contributed by atoms with Crippen LogP contribution in [-0.2, 0) is 0 Å². The molecule has 0 bridgehead atoms. The molecule has 0 fully saturated rings. The summed E-state index contributed by atoms with van der Waals surface area (Å²) in [5.74, 6) is -0.902. The molecule has 108 valence electrons. The largest absolute Gasteiger partial charge is 0.478 e. The number of nitrogens with zero attached hydrogens (tertiary/aromatic N) is 2. The maximum Gasteiger partial charge on any atom is 0.337 e. The minimum absolute atomic E-state index is 0.330. The Morgan fingerprint density at radius 2 is 2.00 bits per heavy atom. The van der Waals surface area contributed by atoms with Gasteiger partial charge in [0.1, 0.15) is 0 Å². The van der Waals surface area contributed by atoms with Crippen LogP contribution in [0.4, 0.5) is 0 Å². The summed E-state index contributed by atoms with van der Waals surface area (Å²) in [6, 6.07) is 7.59. The second-order valence-corrected chi connectivity index (χ2v) is 5.29. The number of hydrogen-bond donors (Lipinski definition) is 1. The van der Waals surface area contributed by atoms with E-state index in [1.807, 2.05) is 47.2 Å². The summed E-state index contributed by atoms with van der Waals surface area (Å²) in [4.78, 5) is 13.6. The molecular formula is C18H14N2O2. The van der Waals surface area contributed by atoms with E-state index in [9.17, 15) is 9.90 Å². The first-order valence-corrected chi connectivity index (χ1v) is 7.11. The molecule has 0 saturated carbocycles. The first-order valence-electron chi connectivity index (χ1n) is 7.11. The molecule has 0 amide bonds. The Kier molecular flexibility index (Phi) is 2.76. The Morgan fingerprint density at radius 1 is 1.14 bits per heavy atom. The van der Waals surface area contributed by atoms with Gasteiger partial charge in [-0.05, 0) is 30.4 Å². The van der Waals surface area contributed by atoms with E-state index in [-0.39, 0.29) is 0 Å². The second kappa shape index (κ2) is 4.77. The van der Waals surface area contributed by atoms with E-state index in [0.29, 0.717) is 5.56 Å². The molecular weight excluding hydrogens is 276 g/mol. The standard InChI is InChI=1S/C18H14N2O2/c21-18(22)16-12-20(17-7-2-1-6-15(16)17)14-8-10-19-9-4-3-5-13(19)11-14/h1-9,11-12H,10H2,(H,21,22). The van der Waals surface area contributed by atoms with Gasteiger partial charge in [0.05, 0.1) is 11.1 Å². The Morgan fingerprint density at radius 3 is 2.86 bits per heavy atom. The van der Waals surface area contributed by atoms with Crippen molar-refractivity contribution in [2.75, 3.05) is 6.54 Å². The van der Waals surface area contributed by atoms with Crippen LogP contribution < -0.4 is 0 Å². The minimum atomic E-state index is -0.902. The minimum Gasteiger partial charge on any atom is -0.478 e. The molecule has 4 rings (SSSR count). The third kappa shape index (κ3) is 1.89. The molecule has 22 heavy (non-hydrogen) atoms. The van der Waals surface area contributed by atoms with Crippen molar-refractivity contribution in [3.05, 3.63) is 78.3 Å². The first-order chi connectivity index (χ1) is 10.7. The SMILES string of the molecule is O=C(O)c1cn(C2=CCN3C=CC=CC3=C2)c2ccccc12. The van der Waals surface area contributed by atoms with Crippen LogP contribution in [-0.4, -0.2) is 27.1 Å². The van der Waals surface area contributed by atoms with Crippen LogP contribution in [0.15, 0.2) is 72.7 Å². The van der Waals surface area contributed by atoms with Gasteiger partial charge in [0.15, 0.2) is 0 Å². The monoisotopic (exact) mass is 290 g/mol. The van der Waals surface area contributed by atoms with E-state index in [1.54, 1.807) is 6.20 Å². The van der Waals surface area contributed by atoms with Crippen molar-refractivity contribution in [3.8, 4) is 0 Å². The van der Waals surface area contributed by atoms with E-state index < -0.39 is 5.97 Å². The fourth-order valence-electron chi connectivity index (χ4n) is 2.92. The lowest BCUT2D eigenvalue weighted by molar-refractivity contribution is 0.0699. The summed E-state index contributed by atoms with van der Waals surface area (Å²) < 4.78 is 1.95. The lowest BCUT2D eigenvalue weighted by Crippen LogP contribution is -2.21. The molecule has 1 N–H and O–H groups in total. The summed E-state index contributed by atoms with van der Waals surface area (Å²) in [7, 11) is 0. The summed E-state index contributed by atoms with van der Waals surface area (Å²) >= 11 is 0. The highest BCUT2D eigenvalue weighted by atomic mass is 16.4. The van der Waals surface area contributed by atoms with Crippen molar-refractivity contribution in [2.45, 2.75) is 0 Å². The second-order valence-electron chi connectivity index (χ2n) is 5.29. The van der Waals surface area contributed by atoms with E-state index in [4.69, 9.17) is 0 Å². The van der Waals surface area contributed by atoms with Gasteiger partial charge in [0.25, 0.3) is 0 Å². The highest BCUT2D eigenvalue weighted by Gasteiger charge is 2.18. The topological polar surface area (TPSA) is 45.5 Å². The number of aromatic nitrogens is 1. The number of carboxylic acid groups (broad SMARTS) is 1. The Hall–Kier alpha value is -3.01. The van der Waals surface area contributed by atoms with Crippen LogP contribution in [0, 0.1) is 0 Å². The summed E-state index contributed by atoms with van der Waals surface area (Å²) in [5, 5.41) is 10.2. The highest BCUT2D eigenvalue weighted by molar-refractivity contribution is 6.04. The first kappa shape index (κ1) is 12.7. The predicted octanol–water partition coefficient (Wildman–Crippen LogP) is 3.46. The van der Waals surface area contributed by atoms with Crippen molar-refractivity contribution < 1.29 is 9.90 Å². The number of carboxylic acids is 1. The molecule has 2 aliphatic rings. The quantitative estimate of drug-likeness (QED) is 0.921. The van der Waals surface area contributed by atoms with Gasteiger partial charge >= 0.3 is 5.97 Å². The number of aromatic carboxylic acids is 1. The van der Waals surface area contributed by atoms with Gasteiger partial charge < -0.3 is 14.6 Å². The molecule has 1 aromatic carbocycles. The molecule has 1 aromatic heterocycles. The average Bonchev–Trinajstić information content (AvgIpc) is 2.94. The molecule has 0 atom stereocenters. The number of rotatable bonds is 2. The molecule has 2 aromatic rings. The van der Waals surface area contributed by atoms with E-state index >= 15 is 0 Å². The Labute approximate surface area is 127 Å². The van der Waals surface area contributed by atoms with Crippen molar-refractivity contribution in [1.29, 1.82) is 0 Å². The fraction of sp³-hybridized carbons (Fsp3) is 0.0556. The van der Waals surface area contributed by atoms with Crippen LogP contribution in [0.2, 0.25) is 0 Å². The van der Waals surface area contributed by atoms with Crippen molar-refractivity contribution in [2.24, 2.45) is 0 Å². The van der Waals surface area contributed by atoms with Gasteiger partial charge in [-0.2, -0.15) is 0 Å². The van der Waals surface area contributed by atoms with Crippen molar-refractivity contribution in [1.82, 2.24) is 9.47 Å². The zero-order valence-electron chi connectivity index (χ0n) is 11.8. The van der Waals surface area contributed by atoms with Crippen LogP contribution in [0.1, 0.15) is 10.4 Å². The molecule has 4 heteroatoms. The van der Waals surface area contributed by atoms with Crippen molar-refractivity contribution >= 4 is 22.6 Å². The van der Waals surface area contributed by atoms with Gasteiger partial charge in [-0.25, -0.2) is 4.79 Å². The van der Waals surface area contributed by atoms with Gasteiger partial charge in [0.2, 0.25) is 0 Å². The van der Waals surface area contributed by atoms with Gasteiger partial charge in [-0.1, -0.05) is 24.3 Å². The molecule has 3 heterocycles. The number of fused-ring (bicyclic) bond motifs is 2. The van der Waals surface area contributed by atoms with Gasteiger partial charge in [0, 0.05) is 35.7 Å². The lowest BCUT2D eigenvalue weighted by Gasteiger charge is -2.27. The number of hydrogen-bond acceptors (Lipinski definition) is 2. The van der Waals surface area contributed by atoms with Crippen LogP contribution >= 0.6 is 0 Å². The maximum atomic E-state index is 11.5. The molecule has 0 aliphatic carbocycles. The van der Waals surface area contributed by atoms with Crippen LogP contribution in [0.5, 0.6) is 0 Å². The number of benzene rings is 1. The third-order valence-corrected chi connectivity index (χ3v) is 3.99. The number of para-hydroxylation sites is 1. The van der Waals surface area contributed by atoms with E-state index in [0.717, 1.165) is 28.8 Å². The van der Waals surface area contributed by atoms with Gasteiger partial charge in [-0.15, -0.1) is 0 Å². The molecule has 0 spiro atoms. The molecule has 4 nitrogen and oxygen atoms in total. The molecule has 0 unspecified atom stereocenters. The zero-order chi connectivity index (χ0) is 15.1. The fourth-order valence-corrected chi connectivity index (χ4v) is 2.92. The van der Waals surface area contributed by atoms with Crippen LogP contribution in [0.3, 0.4) is 0 Å². The smallest absolute Gasteiger partial charge is 0.337 e. The molecule has 0 saturated heterocycles. The summed E-state index contributed by atoms with van der Waals surface area (Å²) in [5.41, 5.74) is 3.34. The van der Waals surface area contributed by atoms with E-state index in [1.165, 1.54) is 0 Å². The Balaban J connectivity index is 1.87. The number of allylic oxidation sites excluding steroid dienone is 5. The normalized spacial score (nSPS) is 16.5. The third-order valence-electron chi connectivity index (χ3n) is 3.99. The highest BCUT2D eigenvalue weighted by Crippen LogP contribution is 2.28. The molecule has 0 radical (unpaired) electrons. The number of carbonyl (C=O) groups is 1. The predicted molar refractivity (Wildman–Crippen MR) is 86.2 cm³/mol. The average molecular weight is 290 g/mol. The lowest BCUT2D eigenvalue weighted by atomic mass is 10.1. The van der Waals surface area contributed by atoms with Crippen LogP contribution in [0.25, 0.3) is 16.6 Å². The Bertz CT molecular complexity index is 897. The molecule has 2 aliphatic heterocycles. The summed E-state index contributed by atoms with van der Waals surface area (Å²) in [6.07, 6.45) is 14.0.